The molecule has 6 heteroatoms. The van der Waals surface area contributed by atoms with E-state index in [1.54, 1.807) is 12.1 Å². The third-order valence-electron chi connectivity index (χ3n) is 3.33. The van der Waals surface area contributed by atoms with E-state index in [0.717, 1.165) is 5.75 Å². The Hall–Kier alpha value is -1.56. The minimum absolute atomic E-state index is 0.184. The van der Waals surface area contributed by atoms with Crippen LogP contribution >= 0.6 is 11.6 Å². The van der Waals surface area contributed by atoms with E-state index in [2.05, 4.69) is 18.6 Å². The first-order chi connectivity index (χ1) is 10.9. The fourth-order valence-corrected chi connectivity index (χ4v) is 3.13. The van der Waals surface area contributed by atoms with E-state index in [4.69, 9.17) is 16.3 Å². The zero-order chi connectivity index (χ0) is 16.9. The molecule has 0 saturated heterocycles. The molecule has 0 unspecified atom stereocenters. The van der Waals surface area contributed by atoms with E-state index in [0.29, 0.717) is 10.9 Å². The molecule has 0 bridgehead atoms. The Bertz CT molecular complexity index is 725. The van der Waals surface area contributed by atoms with Crippen molar-refractivity contribution < 1.29 is 13.2 Å². The third kappa shape index (κ3) is 5.23. The van der Waals surface area contributed by atoms with Crippen LogP contribution in [-0.2, 0) is 10.0 Å². The predicted molar refractivity (Wildman–Crippen MR) is 92.7 cm³/mol. The lowest BCUT2D eigenvalue weighted by molar-refractivity contribution is 0.322. The average Bonchev–Trinajstić information content (AvgIpc) is 2.52. The molecule has 0 fully saturated rings. The second kappa shape index (κ2) is 7.81. The summed E-state index contributed by atoms with van der Waals surface area (Å²) in [6, 6.07) is 13.8. The van der Waals surface area contributed by atoms with Gasteiger partial charge in [0.05, 0.1) is 4.90 Å². The lowest BCUT2D eigenvalue weighted by Crippen LogP contribution is -2.28. The molecule has 0 aromatic heterocycles. The van der Waals surface area contributed by atoms with E-state index in [9.17, 15) is 8.42 Å². The number of sulfonamides is 1. The molecule has 0 aliphatic heterocycles. The maximum atomic E-state index is 12.1. The van der Waals surface area contributed by atoms with Gasteiger partial charge in [-0.1, -0.05) is 37.6 Å². The first-order valence-electron chi connectivity index (χ1n) is 7.36. The summed E-state index contributed by atoms with van der Waals surface area (Å²) >= 11 is 5.75. The summed E-state index contributed by atoms with van der Waals surface area (Å²) in [5, 5.41) is 0.497. The van der Waals surface area contributed by atoms with Crippen molar-refractivity contribution in [2.75, 3.05) is 13.2 Å². The van der Waals surface area contributed by atoms with Gasteiger partial charge in [0.15, 0.2) is 0 Å². The monoisotopic (exact) mass is 353 g/mol. The largest absolute Gasteiger partial charge is 0.492 e. The fraction of sp³-hybridized carbons (Fsp3) is 0.294. The fourth-order valence-electron chi connectivity index (χ4n) is 1.99. The first-order valence-corrected chi connectivity index (χ1v) is 9.22. The van der Waals surface area contributed by atoms with Crippen molar-refractivity contribution in [2.45, 2.75) is 24.7 Å². The number of nitrogens with one attached hydrogen (secondary N) is 1. The molecule has 0 heterocycles. The maximum absolute atomic E-state index is 12.1. The van der Waals surface area contributed by atoms with Gasteiger partial charge in [-0.05, 0) is 47.9 Å². The van der Waals surface area contributed by atoms with Gasteiger partial charge in [-0.25, -0.2) is 13.1 Å². The average molecular weight is 354 g/mol. The Morgan fingerprint density at radius 3 is 2.22 bits per heavy atom. The normalized spacial score (nSPS) is 11.7. The third-order valence-corrected chi connectivity index (χ3v) is 5.06. The van der Waals surface area contributed by atoms with Gasteiger partial charge in [-0.2, -0.15) is 0 Å². The Kier molecular flexibility index (Phi) is 6.04. The number of hydrogen-bond donors (Lipinski definition) is 1. The molecule has 0 aliphatic carbocycles. The molecule has 124 valence electrons. The van der Waals surface area contributed by atoms with Crippen molar-refractivity contribution >= 4 is 21.6 Å². The van der Waals surface area contributed by atoms with Crippen LogP contribution in [0.15, 0.2) is 53.4 Å². The quantitative estimate of drug-likeness (QED) is 0.770. The van der Waals surface area contributed by atoms with E-state index < -0.39 is 10.0 Å². The molecule has 2 aromatic rings. The van der Waals surface area contributed by atoms with Gasteiger partial charge in [0, 0.05) is 11.6 Å². The highest BCUT2D eigenvalue weighted by Crippen LogP contribution is 2.18. The van der Waals surface area contributed by atoms with Crippen LogP contribution in [0.5, 0.6) is 5.75 Å². The van der Waals surface area contributed by atoms with Crippen LogP contribution in [0.25, 0.3) is 0 Å². The predicted octanol–water partition coefficient (Wildman–Crippen LogP) is 3.82. The molecule has 1 N–H and O–H groups in total. The van der Waals surface area contributed by atoms with Crippen molar-refractivity contribution in [3.63, 3.8) is 0 Å². The van der Waals surface area contributed by atoms with Crippen LogP contribution in [0.1, 0.15) is 25.3 Å². The van der Waals surface area contributed by atoms with E-state index >= 15 is 0 Å². The van der Waals surface area contributed by atoms with Gasteiger partial charge < -0.3 is 4.74 Å². The highest BCUT2D eigenvalue weighted by molar-refractivity contribution is 7.89. The molecule has 0 amide bonds. The molecule has 0 radical (unpaired) electrons. The number of benzene rings is 2. The Balaban J connectivity index is 1.83. The van der Waals surface area contributed by atoms with Crippen molar-refractivity contribution in [1.82, 2.24) is 4.72 Å². The molecule has 4 nitrogen and oxygen atoms in total. The SMILES string of the molecule is CC(C)c1ccc(OCCNS(=O)(=O)c2ccc(Cl)cc2)cc1. The van der Waals surface area contributed by atoms with Crippen molar-refractivity contribution in [3.05, 3.63) is 59.1 Å². The number of halogens is 1. The van der Waals surface area contributed by atoms with Gasteiger partial charge in [-0.15, -0.1) is 0 Å². The molecule has 0 spiro atoms. The van der Waals surface area contributed by atoms with Crippen LogP contribution in [0, 0.1) is 0 Å². The van der Waals surface area contributed by atoms with E-state index in [-0.39, 0.29) is 18.0 Å². The van der Waals surface area contributed by atoms with E-state index in [1.165, 1.54) is 17.7 Å². The molecular formula is C17H20ClNO3S. The Labute approximate surface area is 142 Å². The van der Waals surface area contributed by atoms with Gasteiger partial charge in [-0.3, -0.25) is 0 Å². The van der Waals surface area contributed by atoms with Crippen LogP contribution in [0.3, 0.4) is 0 Å². The van der Waals surface area contributed by atoms with Crippen molar-refractivity contribution in [1.29, 1.82) is 0 Å². The highest BCUT2D eigenvalue weighted by Gasteiger charge is 2.12. The van der Waals surface area contributed by atoms with Crippen molar-refractivity contribution in [3.8, 4) is 5.75 Å². The summed E-state index contributed by atoms with van der Waals surface area (Å²) in [6.07, 6.45) is 0. The first kappa shape index (κ1) is 17.8. The molecule has 0 aliphatic rings. The summed E-state index contributed by atoms with van der Waals surface area (Å²) < 4.78 is 32.2. The Morgan fingerprint density at radius 1 is 1.04 bits per heavy atom. The molecule has 2 rings (SSSR count). The molecule has 23 heavy (non-hydrogen) atoms. The summed E-state index contributed by atoms with van der Waals surface area (Å²) in [7, 11) is -3.54. The summed E-state index contributed by atoms with van der Waals surface area (Å²) in [5.74, 6) is 1.19. The van der Waals surface area contributed by atoms with Crippen LogP contribution in [0.2, 0.25) is 5.02 Å². The van der Waals surface area contributed by atoms with Gasteiger partial charge >= 0.3 is 0 Å². The minimum Gasteiger partial charge on any atom is -0.492 e. The van der Waals surface area contributed by atoms with Gasteiger partial charge in [0.25, 0.3) is 0 Å². The minimum atomic E-state index is -3.54. The molecule has 2 aromatic carbocycles. The zero-order valence-corrected chi connectivity index (χ0v) is 14.7. The van der Waals surface area contributed by atoms with Crippen LogP contribution < -0.4 is 9.46 Å². The zero-order valence-electron chi connectivity index (χ0n) is 13.1. The lowest BCUT2D eigenvalue weighted by Gasteiger charge is -2.10. The molecule has 0 atom stereocenters. The van der Waals surface area contributed by atoms with E-state index in [1.807, 2.05) is 24.3 Å². The Morgan fingerprint density at radius 2 is 1.65 bits per heavy atom. The molecule has 0 saturated carbocycles. The number of hydrogen-bond acceptors (Lipinski definition) is 3. The summed E-state index contributed by atoms with van der Waals surface area (Å²) in [6.45, 7) is 4.70. The topological polar surface area (TPSA) is 55.4 Å². The molecular weight excluding hydrogens is 334 g/mol. The standard InChI is InChI=1S/C17H20ClNO3S/c1-13(2)14-3-7-16(8-4-14)22-12-11-19-23(20,21)17-9-5-15(18)6-10-17/h3-10,13,19H,11-12H2,1-2H3. The highest BCUT2D eigenvalue weighted by atomic mass is 35.5. The van der Waals surface area contributed by atoms with Gasteiger partial charge in [0.2, 0.25) is 10.0 Å². The summed E-state index contributed by atoms with van der Waals surface area (Å²) in [5.41, 5.74) is 1.24. The lowest BCUT2D eigenvalue weighted by atomic mass is 10.0. The number of rotatable bonds is 7. The van der Waals surface area contributed by atoms with Gasteiger partial charge in [0.1, 0.15) is 12.4 Å². The number of ether oxygens (including phenoxy) is 1. The second-order valence-corrected chi connectivity index (χ2v) is 7.63. The smallest absolute Gasteiger partial charge is 0.240 e. The van der Waals surface area contributed by atoms with Crippen LogP contribution in [0.4, 0.5) is 0 Å². The van der Waals surface area contributed by atoms with Crippen molar-refractivity contribution in [2.24, 2.45) is 0 Å². The second-order valence-electron chi connectivity index (χ2n) is 5.42. The van der Waals surface area contributed by atoms with Crippen LogP contribution in [-0.4, -0.2) is 21.6 Å². The summed E-state index contributed by atoms with van der Waals surface area (Å²) in [4.78, 5) is 0.184. The maximum Gasteiger partial charge on any atom is 0.240 e.